The molecule has 0 saturated carbocycles. The van der Waals surface area contributed by atoms with Gasteiger partial charge in [0, 0.05) is 33.8 Å². The number of hydrogen-bond donors (Lipinski definition) is 0. The monoisotopic (exact) mass is 600 g/mol. The number of benzene rings is 6. The molecule has 0 aliphatic heterocycles. The Kier molecular flexibility index (Phi) is 6.43. The van der Waals surface area contributed by atoms with Crippen LogP contribution in [0.4, 0.5) is 0 Å². The lowest BCUT2D eigenvalue weighted by Gasteiger charge is -2.14. The van der Waals surface area contributed by atoms with Crippen LogP contribution >= 0.6 is 0 Å². The fraction of sp³-hybridized carbons (Fsp3) is 0. The molecule has 4 heteroatoms. The van der Waals surface area contributed by atoms with Crippen LogP contribution in [0.1, 0.15) is 0 Å². The van der Waals surface area contributed by atoms with E-state index in [2.05, 4.69) is 150 Å². The Morgan fingerprint density at radius 1 is 0.426 bits per heavy atom. The number of para-hydroxylation sites is 3. The van der Waals surface area contributed by atoms with Crippen LogP contribution in [0.15, 0.2) is 170 Å². The number of aromatic nitrogens is 4. The summed E-state index contributed by atoms with van der Waals surface area (Å²) in [7, 11) is 0. The quantitative estimate of drug-likeness (QED) is 0.185. The Balaban J connectivity index is 1.23. The summed E-state index contributed by atoms with van der Waals surface area (Å²) in [6, 6.07) is 57.0. The van der Waals surface area contributed by atoms with Gasteiger partial charge in [-0.3, -0.25) is 9.55 Å². The lowest BCUT2D eigenvalue weighted by molar-refractivity contribution is 1.10. The molecule has 220 valence electrons. The van der Waals surface area contributed by atoms with Crippen LogP contribution in [-0.2, 0) is 0 Å². The van der Waals surface area contributed by atoms with Gasteiger partial charge in [-0.05, 0) is 58.7 Å². The Morgan fingerprint density at radius 3 is 1.74 bits per heavy atom. The number of imidazole rings is 1. The van der Waals surface area contributed by atoms with Gasteiger partial charge in [-0.1, -0.05) is 127 Å². The fourth-order valence-corrected chi connectivity index (χ4v) is 6.62. The second kappa shape index (κ2) is 11.2. The lowest BCUT2D eigenvalue weighted by atomic mass is 9.95. The molecule has 0 atom stereocenters. The van der Waals surface area contributed by atoms with Gasteiger partial charge in [0.25, 0.3) is 0 Å². The molecule has 0 N–H and O–H groups in total. The van der Waals surface area contributed by atoms with Crippen molar-refractivity contribution < 1.29 is 0 Å². The minimum atomic E-state index is 0.895. The largest absolute Gasteiger partial charge is 0.292 e. The molecule has 0 bridgehead atoms. The van der Waals surface area contributed by atoms with Gasteiger partial charge in [-0.25, -0.2) is 9.97 Å². The summed E-state index contributed by atoms with van der Waals surface area (Å²) >= 11 is 0. The standard InChI is InChI=1S/C43H28N4/c1-4-12-29(13-5-1)34-26-27-44-41-35(34)24-25-36-37(30-14-6-2-7-15-30)28-39(45-42(36)41)31-20-22-32(23-21-31)43-46-38-18-10-11-19-40(38)47(43)33-16-8-3-9-17-33/h1-28H. The van der Waals surface area contributed by atoms with Gasteiger partial charge in [0.2, 0.25) is 0 Å². The van der Waals surface area contributed by atoms with Gasteiger partial charge in [0.05, 0.1) is 27.8 Å². The first-order chi connectivity index (χ1) is 23.3. The number of hydrogen-bond acceptors (Lipinski definition) is 3. The summed E-state index contributed by atoms with van der Waals surface area (Å²) in [5.41, 5.74) is 12.5. The highest BCUT2D eigenvalue weighted by Gasteiger charge is 2.17. The van der Waals surface area contributed by atoms with Crippen molar-refractivity contribution >= 4 is 32.8 Å². The molecular weight excluding hydrogens is 573 g/mol. The van der Waals surface area contributed by atoms with Crippen molar-refractivity contribution in [3.8, 4) is 50.6 Å². The van der Waals surface area contributed by atoms with Crippen LogP contribution in [0.3, 0.4) is 0 Å². The summed E-state index contributed by atoms with van der Waals surface area (Å²) < 4.78 is 2.23. The van der Waals surface area contributed by atoms with Gasteiger partial charge < -0.3 is 0 Å². The van der Waals surface area contributed by atoms with Crippen molar-refractivity contribution in [1.82, 2.24) is 19.5 Å². The minimum Gasteiger partial charge on any atom is -0.292 e. The van der Waals surface area contributed by atoms with Gasteiger partial charge in [-0.2, -0.15) is 0 Å². The van der Waals surface area contributed by atoms with Crippen LogP contribution in [0.5, 0.6) is 0 Å². The molecule has 47 heavy (non-hydrogen) atoms. The van der Waals surface area contributed by atoms with E-state index < -0.39 is 0 Å². The molecule has 9 aromatic rings. The number of fused-ring (bicyclic) bond motifs is 4. The molecule has 3 aromatic heterocycles. The molecule has 6 aromatic carbocycles. The highest BCUT2D eigenvalue weighted by molar-refractivity contribution is 6.12. The highest BCUT2D eigenvalue weighted by Crippen LogP contribution is 2.38. The topological polar surface area (TPSA) is 43.6 Å². The summed E-state index contributed by atoms with van der Waals surface area (Å²) in [6.07, 6.45) is 1.90. The molecule has 0 aliphatic rings. The van der Waals surface area contributed by atoms with E-state index in [4.69, 9.17) is 15.0 Å². The first-order valence-electron chi connectivity index (χ1n) is 15.8. The van der Waals surface area contributed by atoms with E-state index in [0.717, 1.165) is 83.4 Å². The molecular formula is C43H28N4. The smallest absolute Gasteiger partial charge is 0.145 e. The van der Waals surface area contributed by atoms with Gasteiger partial charge >= 0.3 is 0 Å². The average Bonchev–Trinajstić information content (AvgIpc) is 3.55. The molecule has 0 saturated heterocycles. The maximum absolute atomic E-state index is 5.31. The molecule has 0 radical (unpaired) electrons. The predicted octanol–water partition coefficient (Wildman–Crippen LogP) is 10.8. The van der Waals surface area contributed by atoms with E-state index in [1.54, 1.807) is 0 Å². The number of pyridine rings is 2. The third-order valence-electron chi connectivity index (χ3n) is 8.87. The normalized spacial score (nSPS) is 11.4. The fourth-order valence-electron chi connectivity index (χ4n) is 6.62. The Hall–Kier alpha value is -6.39. The van der Waals surface area contributed by atoms with Crippen LogP contribution in [0.25, 0.3) is 83.4 Å². The summed E-state index contributed by atoms with van der Waals surface area (Å²) in [4.78, 5) is 15.3. The molecule has 0 aliphatic carbocycles. The lowest BCUT2D eigenvalue weighted by Crippen LogP contribution is -1.97. The van der Waals surface area contributed by atoms with E-state index in [1.165, 1.54) is 0 Å². The van der Waals surface area contributed by atoms with Crippen molar-refractivity contribution in [2.45, 2.75) is 0 Å². The van der Waals surface area contributed by atoms with Crippen molar-refractivity contribution in [2.75, 3.05) is 0 Å². The average molecular weight is 601 g/mol. The van der Waals surface area contributed by atoms with E-state index >= 15 is 0 Å². The van der Waals surface area contributed by atoms with Crippen molar-refractivity contribution in [3.05, 3.63) is 170 Å². The zero-order valence-corrected chi connectivity index (χ0v) is 25.5. The zero-order valence-electron chi connectivity index (χ0n) is 25.5. The van der Waals surface area contributed by atoms with Crippen LogP contribution in [-0.4, -0.2) is 19.5 Å². The third kappa shape index (κ3) is 4.66. The van der Waals surface area contributed by atoms with E-state index in [-0.39, 0.29) is 0 Å². The third-order valence-corrected chi connectivity index (χ3v) is 8.87. The SMILES string of the molecule is c1ccc(-c2ccnc3c2ccc2c(-c4ccccc4)cc(-c4ccc(-c5nc6ccccc6n5-c5ccccc5)cc4)nc23)cc1. The molecule has 9 rings (SSSR count). The summed E-state index contributed by atoms with van der Waals surface area (Å²) in [5.74, 6) is 0.907. The van der Waals surface area contributed by atoms with Gasteiger partial charge in [0.15, 0.2) is 0 Å². The molecule has 4 nitrogen and oxygen atoms in total. The molecule has 0 spiro atoms. The molecule has 0 unspecified atom stereocenters. The molecule has 0 fully saturated rings. The Labute approximate surface area is 272 Å². The highest BCUT2D eigenvalue weighted by atomic mass is 15.1. The molecule has 0 amide bonds. The van der Waals surface area contributed by atoms with Crippen LogP contribution in [0, 0.1) is 0 Å². The Bertz CT molecular complexity index is 2540. The second-order valence-electron chi connectivity index (χ2n) is 11.7. The zero-order chi connectivity index (χ0) is 31.2. The predicted molar refractivity (Wildman–Crippen MR) is 193 cm³/mol. The van der Waals surface area contributed by atoms with E-state index in [1.807, 2.05) is 24.4 Å². The first kappa shape index (κ1) is 27.0. The van der Waals surface area contributed by atoms with Gasteiger partial charge in [0.1, 0.15) is 5.82 Å². The van der Waals surface area contributed by atoms with Crippen molar-refractivity contribution in [2.24, 2.45) is 0 Å². The minimum absolute atomic E-state index is 0.895. The van der Waals surface area contributed by atoms with Crippen LogP contribution in [0.2, 0.25) is 0 Å². The first-order valence-corrected chi connectivity index (χ1v) is 15.8. The second-order valence-corrected chi connectivity index (χ2v) is 11.7. The summed E-state index contributed by atoms with van der Waals surface area (Å²) in [6.45, 7) is 0. The summed E-state index contributed by atoms with van der Waals surface area (Å²) in [5, 5.41) is 2.17. The Morgan fingerprint density at radius 2 is 1.02 bits per heavy atom. The van der Waals surface area contributed by atoms with E-state index in [9.17, 15) is 0 Å². The maximum Gasteiger partial charge on any atom is 0.145 e. The van der Waals surface area contributed by atoms with E-state index in [0.29, 0.717) is 0 Å². The van der Waals surface area contributed by atoms with Crippen LogP contribution < -0.4 is 0 Å². The molecule has 3 heterocycles. The number of rotatable bonds is 5. The number of nitrogens with zero attached hydrogens (tertiary/aromatic N) is 4. The van der Waals surface area contributed by atoms with Crippen molar-refractivity contribution in [3.63, 3.8) is 0 Å². The van der Waals surface area contributed by atoms with Gasteiger partial charge in [-0.15, -0.1) is 0 Å². The maximum atomic E-state index is 5.31. The van der Waals surface area contributed by atoms with Crippen molar-refractivity contribution in [1.29, 1.82) is 0 Å².